The van der Waals surface area contributed by atoms with Crippen LogP contribution in [0, 0.1) is 0 Å². The van der Waals surface area contributed by atoms with Crippen molar-refractivity contribution >= 4 is 5.95 Å². The Kier molecular flexibility index (Phi) is 3.14. The van der Waals surface area contributed by atoms with E-state index in [4.69, 9.17) is 0 Å². The minimum Gasteiger partial charge on any atom is -0.354 e. The van der Waals surface area contributed by atoms with E-state index >= 15 is 0 Å². The van der Waals surface area contributed by atoms with Crippen LogP contribution < -0.4 is 5.32 Å². The Morgan fingerprint density at radius 2 is 2.00 bits per heavy atom. The van der Waals surface area contributed by atoms with Gasteiger partial charge in [0.15, 0.2) is 5.82 Å². The van der Waals surface area contributed by atoms with Crippen LogP contribution >= 0.6 is 0 Å². The number of hydrogen-bond acceptors (Lipinski definition) is 4. The Labute approximate surface area is 94.5 Å². The summed E-state index contributed by atoms with van der Waals surface area (Å²) in [7, 11) is 1.95. The van der Waals surface area contributed by atoms with Crippen LogP contribution in [-0.4, -0.2) is 26.3 Å². The Morgan fingerprint density at radius 1 is 1.25 bits per heavy atom. The number of rotatable bonds is 4. The first-order chi connectivity index (χ1) is 7.83. The van der Waals surface area contributed by atoms with Crippen LogP contribution in [-0.2, 0) is 7.05 Å². The molecule has 0 radical (unpaired) electrons. The SMILES string of the molecule is CCCNc1nnc(-c2ccncc2)n1C. The second-order valence-electron chi connectivity index (χ2n) is 3.57. The molecule has 84 valence electrons. The maximum atomic E-state index is 4.16. The van der Waals surface area contributed by atoms with Gasteiger partial charge in [-0.3, -0.25) is 9.55 Å². The third kappa shape index (κ3) is 2.03. The maximum absolute atomic E-state index is 4.16. The highest BCUT2D eigenvalue weighted by molar-refractivity contribution is 5.56. The van der Waals surface area contributed by atoms with Gasteiger partial charge in [0.05, 0.1) is 0 Å². The summed E-state index contributed by atoms with van der Waals surface area (Å²) >= 11 is 0. The number of pyridine rings is 1. The lowest BCUT2D eigenvalue weighted by Gasteiger charge is -2.04. The normalized spacial score (nSPS) is 10.4. The van der Waals surface area contributed by atoms with E-state index in [1.54, 1.807) is 12.4 Å². The first-order valence-corrected chi connectivity index (χ1v) is 5.36. The fraction of sp³-hybridized carbons (Fsp3) is 0.364. The Morgan fingerprint density at radius 3 is 2.69 bits per heavy atom. The van der Waals surface area contributed by atoms with Crippen LogP contribution in [0.4, 0.5) is 5.95 Å². The first kappa shape index (κ1) is 10.6. The van der Waals surface area contributed by atoms with Crippen molar-refractivity contribution < 1.29 is 0 Å². The molecule has 0 aliphatic carbocycles. The van der Waals surface area contributed by atoms with Crippen molar-refractivity contribution in [2.24, 2.45) is 7.05 Å². The quantitative estimate of drug-likeness (QED) is 0.846. The van der Waals surface area contributed by atoms with Crippen molar-refractivity contribution in [2.75, 3.05) is 11.9 Å². The molecule has 0 aliphatic rings. The molecule has 0 atom stereocenters. The topological polar surface area (TPSA) is 55.6 Å². The molecular weight excluding hydrogens is 202 g/mol. The van der Waals surface area contributed by atoms with Crippen LogP contribution in [0.1, 0.15) is 13.3 Å². The van der Waals surface area contributed by atoms with E-state index in [-0.39, 0.29) is 0 Å². The summed E-state index contributed by atoms with van der Waals surface area (Å²) in [6, 6.07) is 3.85. The predicted molar refractivity (Wildman–Crippen MR) is 63.0 cm³/mol. The van der Waals surface area contributed by atoms with E-state index in [2.05, 4.69) is 27.4 Å². The average Bonchev–Trinajstić information content (AvgIpc) is 2.69. The van der Waals surface area contributed by atoms with Gasteiger partial charge in [-0.15, -0.1) is 10.2 Å². The second kappa shape index (κ2) is 4.74. The molecule has 2 heterocycles. The lowest BCUT2D eigenvalue weighted by atomic mass is 10.2. The third-order valence-corrected chi connectivity index (χ3v) is 2.35. The smallest absolute Gasteiger partial charge is 0.224 e. The van der Waals surface area contributed by atoms with Crippen molar-refractivity contribution in [2.45, 2.75) is 13.3 Å². The minimum absolute atomic E-state index is 0.800. The highest BCUT2D eigenvalue weighted by atomic mass is 15.3. The molecule has 0 spiro atoms. The summed E-state index contributed by atoms with van der Waals surface area (Å²) < 4.78 is 1.95. The van der Waals surface area contributed by atoms with E-state index in [1.165, 1.54) is 0 Å². The van der Waals surface area contributed by atoms with Crippen LogP contribution in [0.25, 0.3) is 11.4 Å². The Hall–Kier alpha value is -1.91. The van der Waals surface area contributed by atoms with E-state index in [0.29, 0.717) is 0 Å². The molecule has 16 heavy (non-hydrogen) atoms. The Balaban J connectivity index is 2.27. The zero-order chi connectivity index (χ0) is 11.4. The number of nitrogens with one attached hydrogen (secondary N) is 1. The molecular formula is C11H15N5. The molecule has 2 aromatic rings. The van der Waals surface area contributed by atoms with Crippen molar-refractivity contribution in [3.8, 4) is 11.4 Å². The monoisotopic (exact) mass is 217 g/mol. The number of hydrogen-bond donors (Lipinski definition) is 1. The van der Waals surface area contributed by atoms with Gasteiger partial charge in [-0.25, -0.2) is 0 Å². The lowest BCUT2D eigenvalue weighted by Crippen LogP contribution is -2.06. The standard InChI is InChI=1S/C11H15N5/c1-3-6-13-11-15-14-10(16(11)2)9-4-7-12-8-5-9/h4-5,7-8H,3,6H2,1-2H3,(H,13,15). The first-order valence-electron chi connectivity index (χ1n) is 5.36. The van der Waals surface area contributed by atoms with Crippen molar-refractivity contribution in [3.05, 3.63) is 24.5 Å². The minimum atomic E-state index is 0.800. The summed E-state index contributed by atoms with van der Waals surface area (Å²) in [6.07, 6.45) is 4.57. The summed E-state index contributed by atoms with van der Waals surface area (Å²) in [4.78, 5) is 3.98. The highest BCUT2D eigenvalue weighted by Gasteiger charge is 2.09. The summed E-state index contributed by atoms with van der Waals surface area (Å²) in [5, 5.41) is 11.5. The molecule has 0 aliphatic heterocycles. The zero-order valence-electron chi connectivity index (χ0n) is 9.51. The maximum Gasteiger partial charge on any atom is 0.224 e. The molecule has 0 unspecified atom stereocenters. The zero-order valence-corrected chi connectivity index (χ0v) is 9.51. The van der Waals surface area contributed by atoms with E-state index in [1.807, 2.05) is 23.7 Å². The summed E-state index contributed by atoms with van der Waals surface area (Å²) in [6.45, 7) is 3.02. The van der Waals surface area contributed by atoms with Gasteiger partial charge in [0.2, 0.25) is 5.95 Å². The fourth-order valence-electron chi connectivity index (χ4n) is 1.47. The van der Waals surface area contributed by atoms with Gasteiger partial charge < -0.3 is 5.32 Å². The van der Waals surface area contributed by atoms with E-state index < -0.39 is 0 Å². The summed E-state index contributed by atoms with van der Waals surface area (Å²) in [5.74, 6) is 1.65. The Bertz CT molecular complexity index is 449. The van der Waals surface area contributed by atoms with Crippen molar-refractivity contribution in [1.29, 1.82) is 0 Å². The van der Waals surface area contributed by atoms with Gasteiger partial charge in [-0.2, -0.15) is 0 Å². The average molecular weight is 217 g/mol. The highest BCUT2D eigenvalue weighted by Crippen LogP contribution is 2.17. The van der Waals surface area contributed by atoms with Gasteiger partial charge in [-0.05, 0) is 18.6 Å². The molecule has 0 amide bonds. The van der Waals surface area contributed by atoms with Gasteiger partial charge in [0.1, 0.15) is 0 Å². The van der Waals surface area contributed by atoms with E-state index in [0.717, 1.165) is 30.3 Å². The molecule has 0 saturated heterocycles. The molecule has 0 aromatic carbocycles. The van der Waals surface area contributed by atoms with Gasteiger partial charge in [-0.1, -0.05) is 6.92 Å². The largest absolute Gasteiger partial charge is 0.354 e. The van der Waals surface area contributed by atoms with Crippen LogP contribution in [0.3, 0.4) is 0 Å². The molecule has 0 fully saturated rings. The van der Waals surface area contributed by atoms with Crippen molar-refractivity contribution in [3.63, 3.8) is 0 Å². The van der Waals surface area contributed by atoms with Crippen LogP contribution in [0.2, 0.25) is 0 Å². The van der Waals surface area contributed by atoms with Gasteiger partial charge >= 0.3 is 0 Å². The number of nitrogens with zero attached hydrogens (tertiary/aromatic N) is 4. The molecule has 2 aromatic heterocycles. The van der Waals surface area contributed by atoms with Crippen molar-refractivity contribution in [1.82, 2.24) is 19.7 Å². The summed E-state index contributed by atoms with van der Waals surface area (Å²) in [5.41, 5.74) is 1.02. The van der Waals surface area contributed by atoms with Crippen LogP contribution in [0.15, 0.2) is 24.5 Å². The molecule has 5 heteroatoms. The van der Waals surface area contributed by atoms with Gasteiger partial charge in [0, 0.05) is 31.5 Å². The molecule has 5 nitrogen and oxygen atoms in total. The molecule has 0 bridgehead atoms. The molecule has 0 saturated carbocycles. The lowest BCUT2D eigenvalue weighted by molar-refractivity contribution is 0.885. The third-order valence-electron chi connectivity index (χ3n) is 2.35. The number of anilines is 1. The van der Waals surface area contributed by atoms with E-state index in [9.17, 15) is 0 Å². The molecule has 1 N–H and O–H groups in total. The fourth-order valence-corrected chi connectivity index (χ4v) is 1.47. The van der Waals surface area contributed by atoms with Gasteiger partial charge in [0.25, 0.3) is 0 Å². The second-order valence-corrected chi connectivity index (χ2v) is 3.57. The number of aromatic nitrogens is 4. The van der Waals surface area contributed by atoms with Crippen LogP contribution in [0.5, 0.6) is 0 Å². The molecule has 2 rings (SSSR count). The predicted octanol–water partition coefficient (Wildman–Crippen LogP) is 1.70.